The van der Waals surface area contributed by atoms with Gasteiger partial charge in [0.1, 0.15) is 0 Å². The molecular weight excluding hydrogens is 264 g/mol. The number of rotatable bonds is 4. The van der Waals surface area contributed by atoms with Crippen molar-refractivity contribution in [3.63, 3.8) is 0 Å². The van der Waals surface area contributed by atoms with Crippen LogP contribution in [0.4, 0.5) is 0 Å². The second-order valence-corrected chi connectivity index (χ2v) is 6.40. The summed E-state index contributed by atoms with van der Waals surface area (Å²) in [6.45, 7) is 4.02. The van der Waals surface area contributed by atoms with Crippen LogP contribution in [0.2, 0.25) is 0 Å². The number of nitrogens with zero attached hydrogens (tertiary/aromatic N) is 1. The molecule has 104 valence electrons. The fourth-order valence-corrected chi connectivity index (χ4v) is 3.56. The molecule has 1 N–H and O–H groups in total. The van der Waals surface area contributed by atoms with E-state index in [1.165, 1.54) is 10.4 Å². The molecule has 0 aromatic heterocycles. The Kier molecular flexibility index (Phi) is 4.34. The van der Waals surface area contributed by atoms with Crippen molar-refractivity contribution in [3.8, 4) is 0 Å². The third-order valence-corrected chi connectivity index (χ3v) is 5.09. The first kappa shape index (κ1) is 14.2. The van der Waals surface area contributed by atoms with Crippen LogP contribution in [0.1, 0.15) is 23.7 Å². The van der Waals surface area contributed by atoms with Crippen LogP contribution in [0.15, 0.2) is 29.2 Å². The van der Waals surface area contributed by atoms with Gasteiger partial charge in [-0.3, -0.25) is 4.79 Å². The van der Waals surface area contributed by atoms with E-state index < -0.39 is 10.0 Å². The number of benzene rings is 1. The largest absolute Gasteiger partial charge is 0.314 e. The molecule has 1 aliphatic heterocycles. The van der Waals surface area contributed by atoms with Crippen LogP contribution in [-0.2, 0) is 10.0 Å². The van der Waals surface area contributed by atoms with E-state index in [9.17, 15) is 13.2 Å². The highest BCUT2D eigenvalue weighted by Gasteiger charge is 2.26. The number of ketones is 1. The Balaban J connectivity index is 2.32. The van der Waals surface area contributed by atoms with Crippen LogP contribution in [0, 0.1) is 0 Å². The van der Waals surface area contributed by atoms with Crippen LogP contribution in [-0.4, -0.2) is 44.7 Å². The predicted octanol–water partition coefficient (Wildman–Crippen LogP) is 0.873. The fourth-order valence-electron chi connectivity index (χ4n) is 2.07. The van der Waals surface area contributed by atoms with Crippen molar-refractivity contribution in [2.24, 2.45) is 0 Å². The molecule has 0 unspecified atom stereocenters. The third-order valence-electron chi connectivity index (χ3n) is 3.19. The van der Waals surface area contributed by atoms with E-state index in [4.69, 9.17) is 0 Å². The second kappa shape index (κ2) is 5.81. The SMILES string of the molecule is CCC(=O)c1cccc(S(=O)(=O)N2CCNCC2)c1. The maximum Gasteiger partial charge on any atom is 0.243 e. The topological polar surface area (TPSA) is 66.5 Å². The molecule has 0 radical (unpaired) electrons. The molecule has 1 heterocycles. The lowest BCUT2D eigenvalue weighted by Gasteiger charge is -2.26. The average molecular weight is 282 g/mol. The molecule has 0 spiro atoms. The molecule has 0 amide bonds. The van der Waals surface area contributed by atoms with Gasteiger partial charge in [0, 0.05) is 38.2 Å². The standard InChI is InChI=1S/C13H18N2O3S/c1-2-13(16)11-4-3-5-12(10-11)19(17,18)15-8-6-14-7-9-15/h3-5,10,14H,2,6-9H2,1H3. The van der Waals surface area contributed by atoms with Gasteiger partial charge in [-0.15, -0.1) is 0 Å². The first-order valence-corrected chi connectivity index (χ1v) is 7.84. The highest BCUT2D eigenvalue weighted by molar-refractivity contribution is 7.89. The molecule has 1 aromatic carbocycles. The number of piperazine rings is 1. The molecule has 1 saturated heterocycles. The summed E-state index contributed by atoms with van der Waals surface area (Å²) < 4.78 is 26.3. The van der Waals surface area contributed by atoms with Gasteiger partial charge in [0.15, 0.2) is 5.78 Å². The van der Waals surface area contributed by atoms with E-state index in [1.807, 2.05) is 0 Å². The van der Waals surface area contributed by atoms with E-state index in [2.05, 4.69) is 5.32 Å². The quantitative estimate of drug-likeness (QED) is 0.832. The number of hydrogen-bond acceptors (Lipinski definition) is 4. The molecule has 0 saturated carbocycles. The summed E-state index contributed by atoms with van der Waals surface area (Å²) in [6.07, 6.45) is 0.372. The van der Waals surface area contributed by atoms with Gasteiger partial charge < -0.3 is 5.32 Å². The molecule has 19 heavy (non-hydrogen) atoms. The van der Waals surface area contributed by atoms with E-state index in [1.54, 1.807) is 25.1 Å². The summed E-state index contributed by atoms with van der Waals surface area (Å²) >= 11 is 0. The van der Waals surface area contributed by atoms with Gasteiger partial charge in [-0.1, -0.05) is 19.1 Å². The summed E-state index contributed by atoms with van der Waals surface area (Å²) in [5.74, 6) is -0.0441. The molecule has 1 aliphatic rings. The minimum absolute atomic E-state index is 0.0441. The van der Waals surface area contributed by atoms with Gasteiger partial charge in [0.2, 0.25) is 10.0 Å². The molecule has 0 aliphatic carbocycles. The zero-order valence-corrected chi connectivity index (χ0v) is 11.7. The number of carbonyl (C=O) groups excluding carboxylic acids is 1. The van der Waals surface area contributed by atoms with Crippen molar-refractivity contribution < 1.29 is 13.2 Å². The second-order valence-electron chi connectivity index (χ2n) is 4.46. The summed E-state index contributed by atoms with van der Waals surface area (Å²) in [6, 6.07) is 6.30. The number of hydrogen-bond donors (Lipinski definition) is 1. The normalized spacial score (nSPS) is 17.3. The highest BCUT2D eigenvalue weighted by atomic mass is 32.2. The third kappa shape index (κ3) is 3.02. The van der Waals surface area contributed by atoms with Gasteiger partial charge in [0.05, 0.1) is 4.90 Å². The Bertz CT molecular complexity index is 563. The lowest BCUT2D eigenvalue weighted by Crippen LogP contribution is -2.46. The molecule has 0 atom stereocenters. The molecule has 1 aromatic rings. The zero-order chi connectivity index (χ0) is 13.9. The van der Waals surface area contributed by atoms with Crippen molar-refractivity contribution in [2.75, 3.05) is 26.2 Å². The zero-order valence-electron chi connectivity index (χ0n) is 10.9. The number of sulfonamides is 1. The minimum atomic E-state index is -3.49. The van der Waals surface area contributed by atoms with Gasteiger partial charge in [0.25, 0.3) is 0 Å². The van der Waals surface area contributed by atoms with Crippen LogP contribution >= 0.6 is 0 Å². The summed E-state index contributed by atoms with van der Waals surface area (Å²) in [5.41, 5.74) is 0.457. The van der Waals surface area contributed by atoms with Crippen LogP contribution in [0.3, 0.4) is 0 Å². The van der Waals surface area contributed by atoms with E-state index >= 15 is 0 Å². The van der Waals surface area contributed by atoms with Crippen molar-refractivity contribution in [3.05, 3.63) is 29.8 Å². The number of Topliss-reactive ketones (excluding diaryl/α,β-unsaturated/α-hetero) is 1. The molecule has 1 fully saturated rings. The maximum atomic E-state index is 12.4. The Hall–Kier alpha value is -1.24. The van der Waals surface area contributed by atoms with Gasteiger partial charge in [-0.25, -0.2) is 8.42 Å². The smallest absolute Gasteiger partial charge is 0.243 e. The first-order valence-electron chi connectivity index (χ1n) is 6.40. The van der Waals surface area contributed by atoms with E-state index in [0.29, 0.717) is 38.2 Å². The number of carbonyl (C=O) groups is 1. The Morgan fingerprint density at radius 1 is 1.32 bits per heavy atom. The molecule has 0 bridgehead atoms. The van der Waals surface area contributed by atoms with Crippen molar-refractivity contribution in [2.45, 2.75) is 18.2 Å². The van der Waals surface area contributed by atoms with Crippen LogP contribution in [0.25, 0.3) is 0 Å². The molecule has 2 rings (SSSR count). The van der Waals surface area contributed by atoms with Gasteiger partial charge >= 0.3 is 0 Å². The minimum Gasteiger partial charge on any atom is -0.314 e. The van der Waals surface area contributed by atoms with Crippen molar-refractivity contribution in [1.29, 1.82) is 0 Å². The average Bonchev–Trinajstić information content (AvgIpc) is 2.47. The monoisotopic (exact) mass is 282 g/mol. The molecular formula is C13H18N2O3S. The summed E-state index contributed by atoms with van der Waals surface area (Å²) in [5, 5.41) is 3.12. The summed E-state index contributed by atoms with van der Waals surface area (Å²) in [4.78, 5) is 11.9. The van der Waals surface area contributed by atoms with Crippen LogP contribution < -0.4 is 5.32 Å². The number of nitrogens with one attached hydrogen (secondary N) is 1. The van der Waals surface area contributed by atoms with E-state index in [0.717, 1.165) is 0 Å². The lowest BCUT2D eigenvalue weighted by molar-refractivity contribution is 0.0988. The summed E-state index contributed by atoms with van der Waals surface area (Å²) in [7, 11) is -3.49. The Morgan fingerprint density at radius 3 is 2.63 bits per heavy atom. The Morgan fingerprint density at radius 2 is 2.00 bits per heavy atom. The van der Waals surface area contributed by atoms with E-state index in [-0.39, 0.29) is 10.7 Å². The molecule has 6 heteroatoms. The Labute approximate surface area is 113 Å². The van der Waals surface area contributed by atoms with Crippen LogP contribution in [0.5, 0.6) is 0 Å². The fraction of sp³-hybridized carbons (Fsp3) is 0.462. The first-order chi connectivity index (χ1) is 9.05. The van der Waals surface area contributed by atoms with Crippen molar-refractivity contribution in [1.82, 2.24) is 9.62 Å². The lowest BCUT2D eigenvalue weighted by atomic mass is 10.1. The van der Waals surface area contributed by atoms with Gasteiger partial charge in [-0.2, -0.15) is 4.31 Å². The van der Waals surface area contributed by atoms with Crippen molar-refractivity contribution >= 4 is 15.8 Å². The molecule has 5 nitrogen and oxygen atoms in total. The highest BCUT2D eigenvalue weighted by Crippen LogP contribution is 2.18. The maximum absolute atomic E-state index is 12.4. The predicted molar refractivity (Wildman–Crippen MR) is 72.7 cm³/mol. The van der Waals surface area contributed by atoms with Gasteiger partial charge in [-0.05, 0) is 12.1 Å².